The topological polar surface area (TPSA) is 74.8 Å². The van der Waals surface area contributed by atoms with E-state index >= 15 is 0 Å². The van der Waals surface area contributed by atoms with Gasteiger partial charge in [0.05, 0.1) is 23.5 Å². The monoisotopic (exact) mass is 243 g/mol. The summed E-state index contributed by atoms with van der Waals surface area (Å²) in [6.07, 6.45) is 3.11. The number of nitrogens with zero attached hydrogens (tertiary/aromatic N) is 1. The van der Waals surface area contributed by atoms with Crippen LogP contribution in [0.5, 0.6) is 0 Å². The van der Waals surface area contributed by atoms with Crippen molar-refractivity contribution in [3.05, 3.63) is 17.7 Å². The van der Waals surface area contributed by atoms with Gasteiger partial charge in [-0.3, -0.25) is 0 Å². The highest BCUT2D eigenvalue weighted by Gasteiger charge is 2.23. The highest BCUT2D eigenvalue weighted by molar-refractivity contribution is 7.91. The fourth-order valence-electron chi connectivity index (χ4n) is 1.90. The highest BCUT2D eigenvalue weighted by atomic mass is 32.2. The Morgan fingerprint density at radius 3 is 2.75 bits per heavy atom. The van der Waals surface area contributed by atoms with Gasteiger partial charge in [-0.05, 0) is 19.8 Å². The molecule has 0 saturated carbocycles. The summed E-state index contributed by atoms with van der Waals surface area (Å²) < 4.78 is 22.5. The van der Waals surface area contributed by atoms with Crippen LogP contribution in [0.1, 0.15) is 24.2 Å². The van der Waals surface area contributed by atoms with Crippen molar-refractivity contribution < 1.29 is 8.42 Å². The van der Waals surface area contributed by atoms with Crippen LogP contribution >= 0.6 is 0 Å². The molecule has 1 saturated heterocycles. The van der Waals surface area contributed by atoms with Gasteiger partial charge in [-0.15, -0.1) is 0 Å². The van der Waals surface area contributed by atoms with Crippen LogP contribution in [-0.2, 0) is 16.4 Å². The van der Waals surface area contributed by atoms with Crippen LogP contribution in [0.15, 0.2) is 6.33 Å². The molecule has 1 fully saturated rings. The van der Waals surface area contributed by atoms with E-state index in [2.05, 4.69) is 15.3 Å². The van der Waals surface area contributed by atoms with Gasteiger partial charge in [0, 0.05) is 18.3 Å². The van der Waals surface area contributed by atoms with Crippen LogP contribution in [0.25, 0.3) is 0 Å². The summed E-state index contributed by atoms with van der Waals surface area (Å²) in [7, 11) is -2.76. The van der Waals surface area contributed by atoms with Crippen molar-refractivity contribution in [2.45, 2.75) is 32.4 Å². The first-order valence-corrected chi connectivity index (χ1v) is 7.31. The molecule has 0 atom stereocenters. The van der Waals surface area contributed by atoms with Gasteiger partial charge in [0.25, 0.3) is 0 Å². The molecule has 1 aliphatic rings. The lowest BCUT2D eigenvalue weighted by Gasteiger charge is -2.22. The smallest absolute Gasteiger partial charge is 0.150 e. The van der Waals surface area contributed by atoms with Crippen molar-refractivity contribution >= 4 is 9.84 Å². The van der Waals surface area contributed by atoms with Crippen molar-refractivity contribution in [3.8, 4) is 0 Å². The molecule has 0 spiro atoms. The van der Waals surface area contributed by atoms with Gasteiger partial charge in [0.1, 0.15) is 9.84 Å². The van der Waals surface area contributed by atoms with Gasteiger partial charge in [-0.1, -0.05) is 0 Å². The normalized spacial score (nSPS) is 21.1. The summed E-state index contributed by atoms with van der Waals surface area (Å²) in [5.74, 6) is 0.619. The Labute approximate surface area is 95.6 Å². The molecule has 0 aromatic carbocycles. The van der Waals surface area contributed by atoms with Crippen LogP contribution in [-0.4, -0.2) is 35.9 Å². The summed E-state index contributed by atoms with van der Waals surface area (Å²) in [4.78, 5) is 7.21. The van der Waals surface area contributed by atoms with E-state index < -0.39 is 9.84 Å². The molecule has 90 valence electrons. The number of H-pyrrole nitrogens is 1. The van der Waals surface area contributed by atoms with E-state index in [9.17, 15) is 8.42 Å². The standard InChI is InChI=1S/C10H17N3O2S/c1-8-10(13-7-12-8)6-11-9-2-4-16(14,15)5-3-9/h7,9,11H,2-6H2,1H3,(H,12,13). The summed E-state index contributed by atoms with van der Waals surface area (Å²) >= 11 is 0. The first-order valence-electron chi connectivity index (χ1n) is 5.49. The maximum Gasteiger partial charge on any atom is 0.150 e. The van der Waals surface area contributed by atoms with E-state index in [1.165, 1.54) is 0 Å². The number of aryl methyl sites for hydroxylation is 1. The van der Waals surface area contributed by atoms with E-state index in [4.69, 9.17) is 0 Å². The summed E-state index contributed by atoms with van der Waals surface area (Å²) in [5, 5.41) is 3.36. The fraction of sp³-hybridized carbons (Fsp3) is 0.700. The van der Waals surface area contributed by atoms with Crippen molar-refractivity contribution in [1.29, 1.82) is 0 Å². The van der Waals surface area contributed by atoms with Crippen molar-refractivity contribution in [2.24, 2.45) is 0 Å². The molecule has 0 aliphatic carbocycles. The predicted octanol–water partition coefficient (Wildman–Crippen LogP) is 0.385. The van der Waals surface area contributed by atoms with Crippen LogP contribution in [0.3, 0.4) is 0 Å². The average Bonchev–Trinajstić information content (AvgIpc) is 2.63. The quantitative estimate of drug-likeness (QED) is 0.805. The summed E-state index contributed by atoms with van der Waals surface area (Å²) in [6.45, 7) is 2.69. The van der Waals surface area contributed by atoms with Crippen molar-refractivity contribution in [3.63, 3.8) is 0 Å². The third-order valence-corrected chi connectivity index (χ3v) is 4.76. The van der Waals surface area contributed by atoms with Gasteiger partial charge in [-0.25, -0.2) is 13.4 Å². The largest absolute Gasteiger partial charge is 0.348 e. The van der Waals surface area contributed by atoms with E-state index in [1.54, 1.807) is 6.33 Å². The Hall–Kier alpha value is -0.880. The van der Waals surface area contributed by atoms with Crippen molar-refractivity contribution in [1.82, 2.24) is 15.3 Å². The fourth-order valence-corrected chi connectivity index (χ4v) is 3.39. The molecular weight excluding hydrogens is 226 g/mol. The average molecular weight is 243 g/mol. The zero-order valence-corrected chi connectivity index (χ0v) is 10.2. The lowest BCUT2D eigenvalue weighted by molar-refractivity contribution is 0.460. The van der Waals surface area contributed by atoms with Crippen LogP contribution < -0.4 is 5.32 Å². The molecule has 0 amide bonds. The molecule has 5 nitrogen and oxygen atoms in total. The maximum absolute atomic E-state index is 11.2. The predicted molar refractivity (Wildman–Crippen MR) is 61.8 cm³/mol. The number of imidazole rings is 1. The molecule has 1 aromatic heterocycles. The lowest BCUT2D eigenvalue weighted by atomic mass is 10.1. The van der Waals surface area contributed by atoms with Gasteiger partial charge in [0.15, 0.2) is 0 Å². The molecule has 0 radical (unpaired) electrons. The van der Waals surface area contributed by atoms with Crippen molar-refractivity contribution in [2.75, 3.05) is 11.5 Å². The first-order chi connectivity index (χ1) is 7.57. The molecule has 0 unspecified atom stereocenters. The number of hydrogen-bond acceptors (Lipinski definition) is 4. The minimum absolute atomic E-state index is 0.305. The molecule has 1 aliphatic heterocycles. The van der Waals surface area contributed by atoms with Gasteiger partial charge in [-0.2, -0.15) is 0 Å². The SMILES string of the molecule is Cc1[nH]cnc1CNC1CCS(=O)(=O)CC1. The van der Waals surface area contributed by atoms with Crippen LogP contribution in [0, 0.1) is 6.92 Å². The number of aromatic nitrogens is 2. The molecule has 6 heteroatoms. The first kappa shape index (κ1) is 11.6. The zero-order valence-electron chi connectivity index (χ0n) is 9.36. The minimum Gasteiger partial charge on any atom is -0.348 e. The Bertz CT molecular complexity index is 438. The van der Waals surface area contributed by atoms with Gasteiger partial charge < -0.3 is 10.3 Å². The van der Waals surface area contributed by atoms with E-state index in [0.29, 0.717) is 36.9 Å². The lowest BCUT2D eigenvalue weighted by Crippen LogP contribution is -2.37. The molecular formula is C10H17N3O2S. The second-order valence-corrected chi connectivity index (χ2v) is 6.58. The molecule has 16 heavy (non-hydrogen) atoms. The molecule has 2 rings (SSSR count). The molecule has 2 N–H and O–H groups in total. The zero-order chi connectivity index (χ0) is 11.6. The number of hydrogen-bond donors (Lipinski definition) is 2. The summed E-state index contributed by atoms with van der Waals surface area (Å²) in [5.41, 5.74) is 2.07. The Balaban J connectivity index is 1.82. The second-order valence-electron chi connectivity index (χ2n) is 4.28. The number of sulfone groups is 1. The third-order valence-electron chi connectivity index (χ3n) is 3.05. The number of nitrogens with one attached hydrogen (secondary N) is 2. The molecule has 1 aromatic rings. The minimum atomic E-state index is -2.76. The molecule has 0 bridgehead atoms. The Morgan fingerprint density at radius 2 is 2.19 bits per heavy atom. The Kier molecular flexibility index (Phi) is 3.30. The maximum atomic E-state index is 11.2. The highest BCUT2D eigenvalue weighted by Crippen LogP contribution is 2.12. The van der Waals surface area contributed by atoms with E-state index in [1.807, 2.05) is 6.92 Å². The number of rotatable bonds is 3. The Morgan fingerprint density at radius 1 is 1.50 bits per heavy atom. The number of aromatic amines is 1. The van der Waals surface area contributed by atoms with Crippen LogP contribution in [0.2, 0.25) is 0 Å². The molecule has 2 heterocycles. The third kappa shape index (κ3) is 2.82. The van der Waals surface area contributed by atoms with E-state index in [0.717, 1.165) is 11.4 Å². The van der Waals surface area contributed by atoms with Gasteiger partial charge in [0.2, 0.25) is 0 Å². The van der Waals surface area contributed by atoms with Crippen LogP contribution in [0.4, 0.5) is 0 Å². The second kappa shape index (κ2) is 4.55. The van der Waals surface area contributed by atoms with E-state index in [-0.39, 0.29) is 0 Å². The summed E-state index contributed by atoms with van der Waals surface area (Å²) in [6, 6.07) is 0.305. The van der Waals surface area contributed by atoms with Gasteiger partial charge >= 0.3 is 0 Å².